The zero-order valence-electron chi connectivity index (χ0n) is 15.9. The van der Waals surface area contributed by atoms with Gasteiger partial charge in [-0.1, -0.05) is 12.1 Å². The summed E-state index contributed by atoms with van der Waals surface area (Å²) in [4.78, 5) is 16.0. The Morgan fingerprint density at radius 1 is 1.24 bits per heavy atom. The molecule has 0 bridgehead atoms. The molecule has 4 rings (SSSR count). The molecular formula is C20H18N4O4S. The standard InChI is InChI=1S/C20H18N4O4S/c1-3-21-20-23(17(11-29-20)15-5-4-6-16(9-15)24(25)26)22-13(2)14-7-8-18-19(10-14)28-12-27-18/h4-11H,3,12H2,1-2H3. The number of nitro benzene ring substituents is 1. The highest BCUT2D eigenvalue weighted by atomic mass is 32.1. The van der Waals surface area contributed by atoms with Gasteiger partial charge in [-0.05, 0) is 32.0 Å². The van der Waals surface area contributed by atoms with Crippen LogP contribution in [0.1, 0.15) is 19.4 Å². The van der Waals surface area contributed by atoms with Crippen molar-refractivity contribution in [1.29, 1.82) is 0 Å². The van der Waals surface area contributed by atoms with Crippen molar-refractivity contribution >= 4 is 22.7 Å². The minimum absolute atomic E-state index is 0.0331. The minimum Gasteiger partial charge on any atom is -0.454 e. The first-order chi connectivity index (χ1) is 14.1. The van der Waals surface area contributed by atoms with Gasteiger partial charge in [-0.3, -0.25) is 15.1 Å². The number of fused-ring (bicyclic) bond motifs is 1. The van der Waals surface area contributed by atoms with Crippen molar-refractivity contribution in [3.05, 3.63) is 68.3 Å². The van der Waals surface area contributed by atoms with Gasteiger partial charge in [0.1, 0.15) is 0 Å². The number of benzene rings is 2. The van der Waals surface area contributed by atoms with E-state index >= 15 is 0 Å². The van der Waals surface area contributed by atoms with Gasteiger partial charge in [0, 0.05) is 35.2 Å². The lowest BCUT2D eigenvalue weighted by Gasteiger charge is -2.07. The van der Waals surface area contributed by atoms with E-state index in [-0.39, 0.29) is 12.5 Å². The predicted octanol–water partition coefficient (Wildman–Crippen LogP) is 4.05. The van der Waals surface area contributed by atoms with E-state index in [0.717, 1.165) is 17.0 Å². The van der Waals surface area contributed by atoms with Crippen LogP contribution in [0.15, 0.2) is 57.9 Å². The van der Waals surface area contributed by atoms with Crippen molar-refractivity contribution in [2.24, 2.45) is 10.1 Å². The van der Waals surface area contributed by atoms with Gasteiger partial charge in [0.25, 0.3) is 5.69 Å². The molecule has 0 unspecified atom stereocenters. The third-order valence-corrected chi connectivity index (χ3v) is 5.23. The third kappa shape index (κ3) is 3.77. The van der Waals surface area contributed by atoms with Crippen LogP contribution in [0.5, 0.6) is 11.5 Å². The van der Waals surface area contributed by atoms with Crippen LogP contribution in [0.2, 0.25) is 0 Å². The molecule has 0 fully saturated rings. The van der Waals surface area contributed by atoms with Crippen molar-refractivity contribution in [3.63, 3.8) is 0 Å². The Bertz CT molecular complexity index is 1180. The summed E-state index contributed by atoms with van der Waals surface area (Å²) in [7, 11) is 0. The Morgan fingerprint density at radius 2 is 2.07 bits per heavy atom. The third-order valence-electron chi connectivity index (χ3n) is 4.37. The maximum atomic E-state index is 11.2. The molecule has 0 aliphatic carbocycles. The van der Waals surface area contributed by atoms with E-state index < -0.39 is 4.92 Å². The van der Waals surface area contributed by atoms with Crippen LogP contribution in [0.3, 0.4) is 0 Å². The first kappa shape index (κ1) is 18.9. The summed E-state index contributed by atoms with van der Waals surface area (Å²) in [5.41, 5.74) is 3.12. The largest absolute Gasteiger partial charge is 0.454 e. The molecule has 2 aromatic carbocycles. The molecular weight excluding hydrogens is 392 g/mol. The molecule has 0 N–H and O–H groups in total. The molecule has 0 amide bonds. The normalized spacial score (nSPS) is 13.7. The molecule has 0 saturated heterocycles. The van der Waals surface area contributed by atoms with E-state index in [0.29, 0.717) is 28.4 Å². The van der Waals surface area contributed by atoms with E-state index in [1.165, 1.54) is 17.4 Å². The topological polar surface area (TPSA) is 91.2 Å². The fourth-order valence-corrected chi connectivity index (χ4v) is 3.84. The van der Waals surface area contributed by atoms with Crippen LogP contribution >= 0.6 is 11.3 Å². The zero-order chi connectivity index (χ0) is 20.4. The molecule has 1 aliphatic heterocycles. The molecule has 0 spiro atoms. The second-order valence-corrected chi connectivity index (χ2v) is 7.09. The first-order valence-electron chi connectivity index (χ1n) is 8.98. The predicted molar refractivity (Wildman–Crippen MR) is 111 cm³/mol. The Balaban J connectivity index is 1.81. The van der Waals surface area contributed by atoms with Crippen LogP contribution in [0.4, 0.5) is 5.69 Å². The van der Waals surface area contributed by atoms with E-state index in [9.17, 15) is 10.1 Å². The van der Waals surface area contributed by atoms with Crippen LogP contribution in [-0.4, -0.2) is 28.6 Å². The summed E-state index contributed by atoms with van der Waals surface area (Å²) in [5, 5.41) is 17.8. The van der Waals surface area contributed by atoms with E-state index in [2.05, 4.69) is 4.99 Å². The number of thiazole rings is 1. The molecule has 3 aromatic rings. The van der Waals surface area contributed by atoms with E-state index in [4.69, 9.17) is 14.6 Å². The highest BCUT2D eigenvalue weighted by molar-refractivity contribution is 7.07. The van der Waals surface area contributed by atoms with Crippen molar-refractivity contribution in [3.8, 4) is 22.8 Å². The summed E-state index contributed by atoms with van der Waals surface area (Å²) < 4.78 is 12.5. The van der Waals surface area contributed by atoms with Gasteiger partial charge in [-0.25, -0.2) is 4.68 Å². The van der Waals surface area contributed by atoms with Crippen molar-refractivity contribution < 1.29 is 14.4 Å². The van der Waals surface area contributed by atoms with Gasteiger partial charge in [0.15, 0.2) is 11.5 Å². The zero-order valence-corrected chi connectivity index (χ0v) is 16.7. The lowest BCUT2D eigenvalue weighted by molar-refractivity contribution is -0.384. The van der Waals surface area contributed by atoms with Gasteiger partial charge in [0.05, 0.1) is 16.3 Å². The Labute approximate surface area is 170 Å². The SMILES string of the molecule is CCN=c1scc(-c2cccc([N+](=O)[O-])c2)n1N=C(C)c1ccc2c(c1)OCO2. The van der Waals surface area contributed by atoms with Gasteiger partial charge in [0.2, 0.25) is 11.6 Å². The quantitative estimate of drug-likeness (QED) is 0.360. The lowest BCUT2D eigenvalue weighted by atomic mass is 10.1. The lowest BCUT2D eigenvalue weighted by Crippen LogP contribution is -2.14. The monoisotopic (exact) mass is 410 g/mol. The number of non-ortho nitro benzene ring substituents is 1. The molecule has 0 atom stereocenters. The van der Waals surface area contributed by atoms with Crippen LogP contribution in [-0.2, 0) is 0 Å². The van der Waals surface area contributed by atoms with Crippen molar-refractivity contribution in [2.75, 3.05) is 13.3 Å². The number of ether oxygens (including phenoxy) is 2. The van der Waals surface area contributed by atoms with Crippen LogP contribution < -0.4 is 14.3 Å². The van der Waals surface area contributed by atoms with Gasteiger partial charge in [-0.2, -0.15) is 5.10 Å². The molecule has 0 radical (unpaired) electrons. The molecule has 0 saturated carbocycles. The van der Waals surface area contributed by atoms with Gasteiger partial charge < -0.3 is 9.47 Å². The summed E-state index contributed by atoms with van der Waals surface area (Å²) in [5.74, 6) is 1.40. The highest BCUT2D eigenvalue weighted by Gasteiger charge is 2.16. The smallest absolute Gasteiger partial charge is 0.270 e. The molecule has 1 aromatic heterocycles. The highest BCUT2D eigenvalue weighted by Crippen LogP contribution is 2.33. The fraction of sp³-hybridized carbons (Fsp3) is 0.200. The summed E-state index contributed by atoms with van der Waals surface area (Å²) >= 11 is 1.44. The first-order valence-corrected chi connectivity index (χ1v) is 9.86. The van der Waals surface area contributed by atoms with E-state index in [1.807, 2.05) is 43.5 Å². The molecule has 2 heterocycles. The Morgan fingerprint density at radius 3 is 2.86 bits per heavy atom. The number of hydrogen-bond donors (Lipinski definition) is 0. The van der Waals surface area contributed by atoms with E-state index in [1.54, 1.807) is 16.8 Å². The molecule has 9 heteroatoms. The average Bonchev–Trinajstić information content (AvgIpc) is 3.35. The second kappa shape index (κ2) is 7.88. The summed E-state index contributed by atoms with van der Waals surface area (Å²) in [6.45, 7) is 4.67. The number of hydrogen-bond acceptors (Lipinski definition) is 7. The summed E-state index contributed by atoms with van der Waals surface area (Å²) in [6, 6.07) is 12.2. The fourth-order valence-electron chi connectivity index (χ4n) is 2.95. The van der Waals surface area contributed by atoms with Crippen molar-refractivity contribution in [1.82, 2.24) is 4.68 Å². The average molecular weight is 410 g/mol. The Kier molecular flexibility index (Phi) is 5.13. The molecule has 1 aliphatic rings. The molecule has 8 nitrogen and oxygen atoms in total. The van der Waals surface area contributed by atoms with Gasteiger partial charge in [-0.15, -0.1) is 11.3 Å². The number of aromatic nitrogens is 1. The number of rotatable bonds is 5. The van der Waals surface area contributed by atoms with Gasteiger partial charge >= 0.3 is 0 Å². The maximum absolute atomic E-state index is 11.2. The molecule has 148 valence electrons. The summed E-state index contributed by atoms with van der Waals surface area (Å²) in [6.07, 6.45) is 0. The Hall–Kier alpha value is -3.46. The number of nitro groups is 1. The second-order valence-electron chi connectivity index (χ2n) is 6.25. The maximum Gasteiger partial charge on any atom is 0.270 e. The van der Waals surface area contributed by atoms with Crippen molar-refractivity contribution in [2.45, 2.75) is 13.8 Å². The molecule has 29 heavy (non-hydrogen) atoms. The number of nitrogens with zero attached hydrogens (tertiary/aromatic N) is 4. The van der Waals surface area contributed by atoms with Crippen LogP contribution in [0, 0.1) is 10.1 Å². The van der Waals surface area contributed by atoms with Crippen LogP contribution in [0.25, 0.3) is 11.3 Å². The minimum atomic E-state index is -0.404.